The Morgan fingerprint density at radius 3 is 1.86 bits per heavy atom. The zero-order valence-corrected chi connectivity index (χ0v) is 11.9. The Morgan fingerprint density at radius 1 is 0.864 bits per heavy atom. The van der Waals surface area contributed by atoms with Crippen LogP contribution in [0, 0.1) is 29.1 Å². The molecule has 0 bridgehead atoms. The van der Waals surface area contributed by atoms with Crippen LogP contribution in [-0.4, -0.2) is 8.42 Å². The predicted octanol–water partition coefficient (Wildman–Crippen LogP) is 3.84. The van der Waals surface area contributed by atoms with Gasteiger partial charge in [-0.15, -0.1) is 0 Å². The molecule has 0 fully saturated rings. The quantitative estimate of drug-likeness (QED) is 0.515. The van der Waals surface area contributed by atoms with E-state index < -0.39 is 44.0 Å². The molecule has 10 heteroatoms. The maximum Gasteiger partial charge on any atom is 0.267 e. The van der Waals surface area contributed by atoms with E-state index in [4.69, 9.17) is 11.6 Å². The van der Waals surface area contributed by atoms with Gasteiger partial charge in [-0.1, -0.05) is 17.7 Å². The zero-order valence-electron chi connectivity index (χ0n) is 10.3. The molecule has 0 radical (unpaired) electrons. The molecule has 2 aromatic rings. The first-order valence-corrected chi connectivity index (χ1v) is 7.31. The molecule has 0 saturated carbocycles. The molecule has 0 spiro atoms. The second kappa shape index (κ2) is 5.73. The minimum atomic E-state index is -5.06. The molecule has 2 rings (SSSR count). The fraction of sp³-hybridized carbons (Fsp3) is 0. The van der Waals surface area contributed by atoms with Crippen molar-refractivity contribution in [3.63, 3.8) is 0 Å². The maximum atomic E-state index is 13.5. The molecule has 118 valence electrons. The molecule has 0 atom stereocenters. The highest BCUT2D eigenvalue weighted by atomic mass is 35.5. The van der Waals surface area contributed by atoms with Crippen molar-refractivity contribution in [1.82, 2.24) is 0 Å². The van der Waals surface area contributed by atoms with Gasteiger partial charge in [-0.05, 0) is 18.2 Å². The van der Waals surface area contributed by atoms with E-state index in [0.29, 0.717) is 0 Å². The first-order chi connectivity index (χ1) is 10.1. The number of benzene rings is 2. The van der Waals surface area contributed by atoms with E-state index in [-0.39, 0.29) is 10.7 Å². The third kappa shape index (κ3) is 2.86. The molecule has 22 heavy (non-hydrogen) atoms. The van der Waals surface area contributed by atoms with Gasteiger partial charge in [0.1, 0.15) is 0 Å². The summed E-state index contributed by atoms with van der Waals surface area (Å²) in [6, 6.07) is 4.97. The summed E-state index contributed by atoms with van der Waals surface area (Å²) >= 11 is 5.60. The van der Waals surface area contributed by atoms with Crippen LogP contribution in [0.2, 0.25) is 5.02 Å². The van der Waals surface area contributed by atoms with E-state index in [9.17, 15) is 30.4 Å². The highest BCUT2D eigenvalue weighted by Gasteiger charge is 2.33. The molecule has 0 aromatic heterocycles. The van der Waals surface area contributed by atoms with Crippen LogP contribution in [0.25, 0.3) is 0 Å². The van der Waals surface area contributed by atoms with Crippen molar-refractivity contribution in [3.8, 4) is 0 Å². The van der Waals surface area contributed by atoms with Crippen molar-refractivity contribution in [2.24, 2.45) is 0 Å². The van der Waals surface area contributed by atoms with E-state index in [2.05, 4.69) is 0 Å². The summed E-state index contributed by atoms with van der Waals surface area (Å²) in [4.78, 5) is -1.97. The van der Waals surface area contributed by atoms with E-state index in [1.807, 2.05) is 0 Å². The van der Waals surface area contributed by atoms with Crippen LogP contribution < -0.4 is 4.72 Å². The van der Waals surface area contributed by atoms with E-state index >= 15 is 0 Å². The lowest BCUT2D eigenvalue weighted by molar-refractivity contribution is 0.358. The summed E-state index contributed by atoms with van der Waals surface area (Å²) in [5.74, 6) is -12.1. The number of anilines is 1. The van der Waals surface area contributed by atoms with Gasteiger partial charge in [0.25, 0.3) is 10.0 Å². The van der Waals surface area contributed by atoms with Crippen LogP contribution in [0.3, 0.4) is 0 Å². The average Bonchev–Trinajstić information content (AvgIpc) is 2.42. The minimum Gasteiger partial charge on any atom is -0.279 e. The van der Waals surface area contributed by atoms with Crippen molar-refractivity contribution in [3.05, 3.63) is 58.4 Å². The fourth-order valence-corrected chi connectivity index (χ4v) is 2.96. The summed E-state index contributed by atoms with van der Waals surface area (Å²) in [6.07, 6.45) is 0. The SMILES string of the molecule is O=S(=O)(Nc1cccc(Cl)c1)c1c(F)c(F)c(F)c(F)c1F. The smallest absolute Gasteiger partial charge is 0.267 e. The van der Waals surface area contributed by atoms with Crippen LogP contribution in [0.5, 0.6) is 0 Å². The molecule has 0 unspecified atom stereocenters. The third-order valence-electron chi connectivity index (χ3n) is 2.52. The Kier molecular flexibility index (Phi) is 4.30. The summed E-state index contributed by atoms with van der Waals surface area (Å²) < 4.78 is 91.5. The van der Waals surface area contributed by atoms with Crippen molar-refractivity contribution in [2.45, 2.75) is 4.90 Å². The maximum absolute atomic E-state index is 13.5. The van der Waals surface area contributed by atoms with E-state index in [0.717, 1.165) is 6.07 Å². The van der Waals surface area contributed by atoms with Gasteiger partial charge in [-0.2, -0.15) is 0 Å². The summed E-state index contributed by atoms with van der Waals surface area (Å²) in [5.41, 5.74) is -0.212. The van der Waals surface area contributed by atoms with Gasteiger partial charge in [0.05, 0.1) is 5.69 Å². The van der Waals surface area contributed by atoms with Crippen LogP contribution in [0.1, 0.15) is 0 Å². The molecule has 0 saturated heterocycles. The van der Waals surface area contributed by atoms with Crippen LogP contribution in [0.15, 0.2) is 29.2 Å². The third-order valence-corrected chi connectivity index (χ3v) is 4.15. The van der Waals surface area contributed by atoms with Crippen molar-refractivity contribution in [2.75, 3.05) is 4.72 Å². The van der Waals surface area contributed by atoms with Gasteiger partial charge in [-0.25, -0.2) is 30.4 Å². The molecule has 0 aliphatic heterocycles. The van der Waals surface area contributed by atoms with Crippen molar-refractivity contribution >= 4 is 27.3 Å². The van der Waals surface area contributed by atoms with Gasteiger partial charge in [0, 0.05) is 5.02 Å². The number of hydrogen-bond donors (Lipinski definition) is 1. The molecule has 2 aromatic carbocycles. The second-order valence-electron chi connectivity index (χ2n) is 4.01. The van der Waals surface area contributed by atoms with E-state index in [1.54, 1.807) is 4.72 Å². The van der Waals surface area contributed by atoms with Crippen molar-refractivity contribution < 1.29 is 30.4 Å². The van der Waals surface area contributed by atoms with Gasteiger partial charge in [-0.3, -0.25) is 4.72 Å². The van der Waals surface area contributed by atoms with E-state index in [1.165, 1.54) is 18.2 Å². The molecule has 3 nitrogen and oxygen atoms in total. The Labute approximate surface area is 126 Å². The number of sulfonamides is 1. The normalized spacial score (nSPS) is 11.5. The predicted molar refractivity (Wildman–Crippen MR) is 68.5 cm³/mol. The molecular formula is C12H5ClF5NO2S. The highest BCUT2D eigenvalue weighted by molar-refractivity contribution is 7.92. The monoisotopic (exact) mass is 357 g/mol. The first-order valence-electron chi connectivity index (χ1n) is 5.45. The van der Waals surface area contributed by atoms with Crippen molar-refractivity contribution in [1.29, 1.82) is 0 Å². The van der Waals surface area contributed by atoms with Crippen LogP contribution in [-0.2, 0) is 10.0 Å². The Hall–Kier alpha value is -1.87. The van der Waals surface area contributed by atoms with Gasteiger partial charge in [0.15, 0.2) is 28.2 Å². The van der Waals surface area contributed by atoms with Gasteiger partial charge >= 0.3 is 0 Å². The average molecular weight is 358 g/mol. The molecular weight excluding hydrogens is 353 g/mol. The number of halogens is 6. The van der Waals surface area contributed by atoms with Crippen LogP contribution in [0.4, 0.5) is 27.6 Å². The van der Waals surface area contributed by atoms with Crippen LogP contribution >= 0.6 is 11.6 Å². The lowest BCUT2D eigenvalue weighted by atomic mass is 10.3. The van der Waals surface area contributed by atoms with Gasteiger partial charge in [0.2, 0.25) is 5.82 Å². The molecule has 0 amide bonds. The molecule has 0 heterocycles. The molecule has 0 aliphatic rings. The number of hydrogen-bond acceptors (Lipinski definition) is 2. The summed E-state index contributed by atoms with van der Waals surface area (Å²) in [5, 5.41) is 0.0950. The molecule has 0 aliphatic carbocycles. The first kappa shape index (κ1) is 16.5. The Bertz CT molecular complexity index is 828. The number of rotatable bonds is 3. The Morgan fingerprint density at radius 2 is 1.36 bits per heavy atom. The second-order valence-corrected chi connectivity index (χ2v) is 6.07. The Balaban J connectivity index is 2.60. The zero-order chi connectivity index (χ0) is 16.7. The lowest BCUT2D eigenvalue weighted by Gasteiger charge is -2.11. The largest absolute Gasteiger partial charge is 0.279 e. The standard InChI is InChI=1S/C12H5ClF5NO2S/c13-5-2-1-3-6(4-5)19-22(20,21)12-10(17)8(15)7(14)9(16)11(12)18/h1-4,19H. The number of nitrogens with one attached hydrogen (secondary N) is 1. The lowest BCUT2D eigenvalue weighted by Crippen LogP contribution is -2.19. The highest BCUT2D eigenvalue weighted by Crippen LogP contribution is 2.28. The molecule has 1 N–H and O–H groups in total. The minimum absolute atomic E-state index is 0.0950. The summed E-state index contributed by atoms with van der Waals surface area (Å²) in [6.45, 7) is 0. The summed E-state index contributed by atoms with van der Waals surface area (Å²) in [7, 11) is -5.06. The fourth-order valence-electron chi connectivity index (χ4n) is 1.58. The topological polar surface area (TPSA) is 46.2 Å². The van der Waals surface area contributed by atoms with Gasteiger partial charge < -0.3 is 0 Å².